The Balaban J connectivity index is 3.06. The lowest BCUT2D eigenvalue weighted by molar-refractivity contribution is 0.00556. The predicted octanol–water partition coefficient (Wildman–Crippen LogP) is 2.44. The van der Waals surface area contributed by atoms with E-state index in [0.29, 0.717) is 17.6 Å². The zero-order valence-electron chi connectivity index (χ0n) is 11.6. The molecule has 0 aliphatic heterocycles. The van der Waals surface area contributed by atoms with Gasteiger partial charge < -0.3 is 14.2 Å². The number of carbonyl (C=O) groups is 2. The van der Waals surface area contributed by atoms with E-state index >= 15 is 0 Å². The van der Waals surface area contributed by atoms with Crippen LogP contribution in [0.5, 0.6) is 5.75 Å². The van der Waals surface area contributed by atoms with Crippen molar-refractivity contribution >= 4 is 12.3 Å². The van der Waals surface area contributed by atoms with Crippen molar-refractivity contribution in [1.29, 1.82) is 0 Å². The maximum atomic E-state index is 12.1. The van der Waals surface area contributed by atoms with Crippen molar-refractivity contribution < 1.29 is 23.8 Å². The lowest BCUT2D eigenvalue weighted by atomic mass is 10.1. The first-order valence-corrected chi connectivity index (χ1v) is 5.81. The van der Waals surface area contributed by atoms with E-state index in [9.17, 15) is 9.59 Å². The molecule has 5 nitrogen and oxygen atoms in total. The third kappa shape index (κ3) is 4.71. The zero-order chi connectivity index (χ0) is 14.5. The van der Waals surface area contributed by atoms with E-state index in [1.807, 2.05) is 0 Å². The van der Waals surface area contributed by atoms with E-state index in [1.165, 1.54) is 13.2 Å². The molecule has 1 aromatic rings. The number of methoxy groups -OCH3 is 1. The Hall–Kier alpha value is -1.88. The SMILES string of the molecule is COCOc1ccc(C=O)cc1C(=O)OC(C)(C)C. The third-order valence-electron chi connectivity index (χ3n) is 2.09. The second-order valence-electron chi connectivity index (χ2n) is 4.93. The zero-order valence-corrected chi connectivity index (χ0v) is 11.6. The first kappa shape index (κ1) is 15.2. The molecular weight excluding hydrogens is 248 g/mol. The minimum atomic E-state index is -0.618. The largest absolute Gasteiger partial charge is 0.467 e. The van der Waals surface area contributed by atoms with Crippen LogP contribution in [0.25, 0.3) is 0 Å². The molecule has 104 valence electrons. The average Bonchev–Trinajstić information content (AvgIpc) is 2.34. The summed E-state index contributed by atoms with van der Waals surface area (Å²) in [6, 6.07) is 4.54. The van der Waals surface area contributed by atoms with Gasteiger partial charge in [0.25, 0.3) is 0 Å². The Bertz CT molecular complexity index is 459. The lowest BCUT2D eigenvalue weighted by Gasteiger charge is -2.20. The Morgan fingerprint density at radius 1 is 1.32 bits per heavy atom. The molecule has 1 rings (SSSR count). The number of aldehydes is 1. The fraction of sp³-hybridized carbons (Fsp3) is 0.429. The minimum absolute atomic E-state index is 0.0102. The standard InChI is InChI=1S/C14H18O5/c1-14(2,3)19-13(16)11-7-10(8-15)5-6-12(11)18-9-17-4/h5-8H,9H2,1-4H3. The van der Waals surface area contributed by atoms with E-state index in [4.69, 9.17) is 14.2 Å². The summed E-state index contributed by atoms with van der Waals surface area (Å²) in [6.45, 7) is 5.31. The van der Waals surface area contributed by atoms with Gasteiger partial charge in [0, 0.05) is 12.7 Å². The smallest absolute Gasteiger partial charge is 0.342 e. The van der Waals surface area contributed by atoms with Crippen LogP contribution in [0.1, 0.15) is 41.5 Å². The van der Waals surface area contributed by atoms with Gasteiger partial charge in [-0.25, -0.2) is 4.79 Å². The van der Waals surface area contributed by atoms with Crippen LogP contribution in [-0.4, -0.2) is 31.8 Å². The molecule has 0 unspecified atom stereocenters. The normalized spacial score (nSPS) is 10.9. The van der Waals surface area contributed by atoms with Crippen LogP contribution in [0.15, 0.2) is 18.2 Å². The van der Waals surface area contributed by atoms with Gasteiger partial charge in [0.1, 0.15) is 23.2 Å². The van der Waals surface area contributed by atoms with Gasteiger partial charge in [-0.1, -0.05) is 0 Å². The van der Waals surface area contributed by atoms with Crippen molar-refractivity contribution in [1.82, 2.24) is 0 Å². The van der Waals surface area contributed by atoms with Gasteiger partial charge >= 0.3 is 5.97 Å². The van der Waals surface area contributed by atoms with Crippen LogP contribution in [0, 0.1) is 0 Å². The fourth-order valence-corrected chi connectivity index (χ4v) is 1.36. The summed E-state index contributed by atoms with van der Waals surface area (Å²) in [5.41, 5.74) is -0.0329. The summed E-state index contributed by atoms with van der Waals surface area (Å²) < 4.78 is 15.3. The van der Waals surface area contributed by atoms with E-state index in [2.05, 4.69) is 0 Å². The molecule has 0 heterocycles. The highest BCUT2D eigenvalue weighted by Crippen LogP contribution is 2.23. The molecule has 1 aromatic carbocycles. The molecule has 0 fully saturated rings. The Morgan fingerprint density at radius 2 is 2.00 bits per heavy atom. The summed E-state index contributed by atoms with van der Waals surface area (Å²) in [5, 5.41) is 0. The minimum Gasteiger partial charge on any atom is -0.467 e. The Labute approximate surface area is 112 Å². The molecule has 0 aliphatic carbocycles. The van der Waals surface area contributed by atoms with Crippen LogP contribution in [0.3, 0.4) is 0 Å². The monoisotopic (exact) mass is 266 g/mol. The molecule has 5 heteroatoms. The molecule has 0 saturated carbocycles. The van der Waals surface area contributed by atoms with Gasteiger partial charge in [-0.05, 0) is 39.0 Å². The summed E-state index contributed by atoms with van der Waals surface area (Å²) in [4.78, 5) is 22.8. The highest BCUT2D eigenvalue weighted by molar-refractivity contribution is 5.94. The lowest BCUT2D eigenvalue weighted by Crippen LogP contribution is -2.24. The molecule has 0 spiro atoms. The Morgan fingerprint density at radius 3 is 2.53 bits per heavy atom. The second-order valence-corrected chi connectivity index (χ2v) is 4.93. The maximum absolute atomic E-state index is 12.1. The van der Waals surface area contributed by atoms with Gasteiger partial charge in [-0.2, -0.15) is 0 Å². The van der Waals surface area contributed by atoms with Crippen molar-refractivity contribution in [2.45, 2.75) is 26.4 Å². The molecular formula is C14H18O5. The number of benzene rings is 1. The molecule has 0 amide bonds. The molecule has 19 heavy (non-hydrogen) atoms. The molecule has 0 aliphatic rings. The summed E-state index contributed by atoms with van der Waals surface area (Å²) in [7, 11) is 1.48. The van der Waals surface area contributed by atoms with E-state index in [0.717, 1.165) is 0 Å². The van der Waals surface area contributed by atoms with E-state index < -0.39 is 11.6 Å². The summed E-state index contributed by atoms with van der Waals surface area (Å²) >= 11 is 0. The van der Waals surface area contributed by atoms with Crippen LogP contribution < -0.4 is 4.74 Å². The van der Waals surface area contributed by atoms with Gasteiger partial charge in [-0.15, -0.1) is 0 Å². The average molecular weight is 266 g/mol. The second kappa shape index (κ2) is 6.33. The van der Waals surface area contributed by atoms with Gasteiger partial charge in [0.15, 0.2) is 6.79 Å². The number of ether oxygens (including phenoxy) is 3. The van der Waals surface area contributed by atoms with Crippen molar-refractivity contribution in [3.63, 3.8) is 0 Å². The van der Waals surface area contributed by atoms with Crippen LogP contribution in [0.2, 0.25) is 0 Å². The van der Waals surface area contributed by atoms with Crippen molar-refractivity contribution in [3.05, 3.63) is 29.3 Å². The Kier molecular flexibility index (Phi) is 5.06. The predicted molar refractivity (Wildman–Crippen MR) is 69.5 cm³/mol. The highest BCUT2D eigenvalue weighted by Gasteiger charge is 2.21. The van der Waals surface area contributed by atoms with E-state index in [1.54, 1.807) is 32.9 Å². The van der Waals surface area contributed by atoms with Crippen LogP contribution in [-0.2, 0) is 9.47 Å². The number of hydrogen-bond acceptors (Lipinski definition) is 5. The molecule has 0 radical (unpaired) electrons. The van der Waals surface area contributed by atoms with Crippen molar-refractivity contribution in [3.8, 4) is 5.75 Å². The summed E-state index contributed by atoms with van der Waals surface area (Å²) in [6.07, 6.45) is 0.661. The van der Waals surface area contributed by atoms with Gasteiger partial charge in [-0.3, -0.25) is 4.79 Å². The molecule has 0 atom stereocenters. The number of rotatable bonds is 5. The number of hydrogen-bond donors (Lipinski definition) is 0. The van der Waals surface area contributed by atoms with Gasteiger partial charge in [0.05, 0.1) is 0 Å². The first-order valence-electron chi connectivity index (χ1n) is 5.81. The molecule has 0 saturated heterocycles. The topological polar surface area (TPSA) is 61.8 Å². The fourth-order valence-electron chi connectivity index (χ4n) is 1.36. The molecule has 0 bridgehead atoms. The van der Waals surface area contributed by atoms with Crippen molar-refractivity contribution in [2.24, 2.45) is 0 Å². The quantitative estimate of drug-likeness (QED) is 0.465. The number of carbonyl (C=O) groups excluding carboxylic acids is 2. The van der Waals surface area contributed by atoms with Crippen molar-refractivity contribution in [2.75, 3.05) is 13.9 Å². The summed E-state index contributed by atoms with van der Waals surface area (Å²) in [5.74, 6) is -0.219. The van der Waals surface area contributed by atoms with Gasteiger partial charge in [0.2, 0.25) is 0 Å². The third-order valence-corrected chi connectivity index (χ3v) is 2.09. The first-order chi connectivity index (χ1) is 8.87. The highest BCUT2D eigenvalue weighted by atomic mass is 16.7. The maximum Gasteiger partial charge on any atom is 0.342 e. The molecule has 0 aromatic heterocycles. The molecule has 0 N–H and O–H groups in total. The number of esters is 1. The van der Waals surface area contributed by atoms with Crippen LogP contribution >= 0.6 is 0 Å². The van der Waals surface area contributed by atoms with Crippen LogP contribution in [0.4, 0.5) is 0 Å². The van der Waals surface area contributed by atoms with E-state index in [-0.39, 0.29) is 12.4 Å².